The first-order chi connectivity index (χ1) is 18.7. The Bertz CT molecular complexity index is 1370. The maximum Gasteiger partial charge on any atom is 0.185 e. The van der Waals surface area contributed by atoms with E-state index in [4.69, 9.17) is 18.9 Å². The molecule has 0 aliphatic heterocycles. The molecule has 38 heavy (non-hydrogen) atoms. The number of rotatable bonds is 12. The Balaban J connectivity index is 1.45. The number of carbonyl (C=O) groups is 1. The van der Waals surface area contributed by atoms with Crippen LogP contribution < -0.4 is 18.9 Å². The van der Waals surface area contributed by atoms with Gasteiger partial charge in [0.05, 0.1) is 14.2 Å². The highest BCUT2D eigenvalue weighted by molar-refractivity contribution is 6.07. The molecule has 0 amide bonds. The van der Waals surface area contributed by atoms with Crippen LogP contribution in [0.15, 0.2) is 103 Å². The van der Waals surface area contributed by atoms with E-state index in [9.17, 15) is 4.79 Å². The molecule has 4 rings (SSSR count). The molecule has 0 aliphatic rings. The van der Waals surface area contributed by atoms with Crippen LogP contribution in [-0.2, 0) is 0 Å². The van der Waals surface area contributed by atoms with Gasteiger partial charge in [-0.3, -0.25) is 4.79 Å². The fourth-order valence-corrected chi connectivity index (χ4v) is 3.78. The summed E-state index contributed by atoms with van der Waals surface area (Å²) < 4.78 is 22.5. The maximum absolute atomic E-state index is 12.6. The summed E-state index contributed by atoms with van der Waals surface area (Å²) in [6.07, 6.45) is 7.31. The SMILES string of the molecule is COc1cc(/C=C/c2ccc(OCCOc3ccccc3)cc2)c(/C=C/C(=O)c2ccccc2)c(OC)c1. The lowest BCUT2D eigenvalue weighted by Gasteiger charge is -2.12. The Kier molecular flexibility index (Phi) is 9.35. The molecule has 0 unspecified atom stereocenters. The molecular weight excluding hydrogens is 476 g/mol. The molecule has 0 atom stereocenters. The van der Waals surface area contributed by atoms with Crippen molar-refractivity contribution in [2.24, 2.45) is 0 Å². The molecule has 5 nitrogen and oxygen atoms in total. The van der Waals surface area contributed by atoms with E-state index in [-0.39, 0.29) is 5.78 Å². The van der Waals surface area contributed by atoms with Gasteiger partial charge >= 0.3 is 0 Å². The highest BCUT2D eigenvalue weighted by Crippen LogP contribution is 2.31. The maximum atomic E-state index is 12.6. The average Bonchev–Trinajstić information content (AvgIpc) is 2.98. The summed E-state index contributed by atoms with van der Waals surface area (Å²) in [5, 5.41) is 0. The van der Waals surface area contributed by atoms with E-state index in [2.05, 4.69) is 0 Å². The lowest BCUT2D eigenvalue weighted by molar-refractivity contribution is 0.104. The van der Waals surface area contributed by atoms with E-state index in [1.807, 2.05) is 91.0 Å². The number of allylic oxidation sites excluding steroid dienone is 1. The van der Waals surface area contributed by atoms with Crippen molar-refractivity contribution < 1.29 is 23.7 Å². The van der Waals surface area contributed by atoms with Gasteiger partial charge in [-0.2, -0.15) is 0 Å². The van der Waals surface area contributed by atoms with Crippen LogP contribution in [0, 0.1) is 0 Å². The first-order valence-electron chi connectivity index (χ1n) is 12.3. The fraction of sp³-hybridized carbons (Fsp3) is 0.121. The van der Waals surface area contributed by atoms with Gasteiger partial charge in [0.25, 0.3) is 0 Å². The summed E-state index contributed by atoms with van der Waals surface area (Å²) in [5.74, 6) is 2.79. The van der Waals surface area contributed by atoms with Crippen molar-refractivity contribution in [1.29, 1.82) is 0 Å². The third-order valence-electron chi connectivity index (χ3n) is 5.76. The van der Waals surface area contributed by atoms with Gasteiger partial charge in [-0.05, 0) is 53.6 Å². The van der Waals surface area contributed by atoms with Gasteiger partial charge in [-0.1, -0.05) is 72.8 Å². The monoisotopic (exact) mass is 506 g/mol. The van der Waals surface area contributed by atoms with Gasteiger partial charge in [0.15, 0.2) is 5.78 Å². The van der Waals surface area contributed by atoms with E-state index < -0.39 is 0 Å². The normalized spacial score (nSPS) is 11.0. The van der Waals surface area contributed by atoms with Crippen LogP contribution in [0.1, 0.15) is 27.0 Å². The zero-order valence-electron chi connectivity index (χ0n) is 21.5. The summed E-state index contributed by atoms with van der Waals surface area (Å²) in [4.78, 5) is 12.6. The van der Waals surface area contributed by atoms with Gasteiger partial charge in [0.2, 0.25) is 0 Å². The number of benzene rings is 4. The van der Waals surface area contributed by atoms with Crippen LogP contribution in [0.3, 0.4) is 0 Å². The fourth-order valence-electron chi connectivity index (χ4n) is 3.78. The van der Waals surface area contributed by atoms with E-state index in [0.29, 0.717) is 30.3 Å². The predicted molar refractivity (Wildman–Crippen MR) is 152 cm³/mol. The summed E-state index contributed by atoms with van der Waals surface area (Å²) in [5.41, 5.74) is 3.26. The summed E-state index contributed by atoms with van der Waals surface area (Å²) in [6, 6.07) is 30.4. The molecule has 192 valence electrons. The van der Waals surface area contributed by atoms with Crippen LogP contribution in [0.5, 0.6) is 23.0 Å². The third-order valence-corrected chi connectivity index (χ3v) is 5.76. The third kappa shape index (κ3) is 7.37. The number of carbonyl (C=O) groups excluding carboxylic acids is 1. The lowest BCUT2D eigenvalue weighted by Crippen LogP contribution is -2.08. The second kappa shape index (κ2) is 13.5. The van der Waals surface area contributed by atoms with Crippen molar-refractivity contribution in [3.63, 3.8) is 0 Å². The highest BCUT2D eigenvalue weighted by atomic mass is 16.5. The predicted octanol–water partition coefficient (Wildman–Crippen LogP) is 7.23. The van der Waals surface area contributed by atoms with Crippen LogP contribution in [0.4, 0.5) is 0 Å². The van der Waals surface area contributed by atoms with Gasteiger partial charge in [0, 0.05) is 17.2 Å². The first kappa shape index (κ1) is 26.3. The number of ether oxygens (including phenoxy) is 4. The van der Waals surface area contributed by atoms with Crippen LogP contribution in [0.2, 0.25) is 0 Å². The number of ketones is 1. The molecule has 4 aromatic rings. The minimum Gasteiger partial charge on any atom is -0.497 e. The number of methoxy groups -OCH3 is 2. The van der Waals surface area contributed by atoms with Crippen molar-refractivity contribution in [3.05, 3.63) is 125 Å². The number of para-hydroxylation sites is 1. The molecule has 4 aromatic carbocycles. The summed E-state index contributed by atoms with van der Waals surface area (Å²) >= 11 is 0. The standard InChI is InChI=1S/C33H30O5/c1-35-30-23-27(31(33(24-30)36-2)19-20-32(34)26-9-5-3-6-10-26)16-13-25-14-17-29(18-15-25)38-22-21-37-28-11-7-4-8-12-28/h3-20,23-24H,21-22H2,1-2H3/b16-13+,20-19+. The summed E-state index contributed by atoms with van der Waals surface area (Å²) in [7, 11) is 3.21. The second-order valence-corrected chi connectivity index (χ2v) is 8.31. The number of hydrogen-bond donors (Lipinski definition) is 0. The Labute approximate surface area is 223 Å². The van der Waals surface area contributed by atoms with E-state index >= 15 is 0 Å². The molecular formula is C33H30O5. The van der Waals surface area contributed by atoms with E-state index in [1.165, 1.54) is 0 Å². The van der Waals surface area contributed by atoms with E-state index in [1.54, 1.807) is 44.6 Å². The molecule has 0 bridgehead atoms. The molecule has 0 aromatic heterocycles. The zero-order valence-corrected chi connectivity index (χ0v) is 21.5. The second-order valence-electron chi connectivity index (χ2n) is 8.31. The average molecular weight is 507 g/mol. The Morgan fingerprint density at radius 1 is 0.658 bits per heavy atom. The smallest absolute Gasteiger partial charge is 0.185 e. The van der Waals surface area contributed by atoms with Crippen molar-refractivity contribution in [1.82, 2.24) is 0 Å². The molecule has 0 saturated carbocycles. The molecule has 5 heteroatoms. The van der Waals surface area contributed by atoms with Crippen LogP contribution in [-0.4, -0.2) is 33.2 Å². The Morgan fingerprint density at radius 2 is 1.29 bits per heavy atom. The quantitative estimate of drug-likeness (QED) is 0.0878. The lowest BCUT2D eigenvalue weighted by atomic mass is 10.0. The molecule has 0 aliphatic carbocycles. The number of hydrogen-bond acceptors (Lipinski definition) is 5. The molecule has 0 saturated heterocycles. The van der Waals surface area contributed by atoms with Crippen molar-refractivity contribution in [2.75, 3.05) is 27.4 Å². The zero-order chi connectivity index (χ0) is 26.6. The van der Waals surface area contributed by atoms with E-state index in [0.717, 1.165) is 28.2 Å². The van der Waals surface area contributed by atoms with Crippen molar-refractivity contribution in [2.45, 2.75) is 0 Å². The minimum absolute atomic E-state index is 0.0804. The largest absolute Gasteiger partial charge is 0.497 e. The van der Waals surface area contributed by atoms with Crippen molar-refractivity contribution in [3.8, 4) is 23.0 Å². The minimum atomic E-state index is -0.0804. The van der Waals surface area contributed by atoms with Gasteiger partial charge in [-0.25, -0.2) is 0 Å². The molecule has 0 radical (unpaired) electrons. The Morgan fingerprint density at radius 3 is 1.92 bits per heavy atom. The van der Waals surface area contributed by atoms with Crippen LogP contribution in [0.25, 0.3) is 18.2 Å². The summed E-state index contributed by atoms with van der Waals surface area (Å²) in [6.45, 7) is 0.914. The topological polar surface area (TPSA) is 54.0 Å². The molecule has 0 heterocycles. The first-order valence-corrected chi connectivity index (χ1v) is 12.3. The Hall–Kier alpha value is -4.77. The molecule has 0 fully saturated rings. The van der Waals surface area contributed by atoms with Gasteiger partial charge in [0.1, 0.15) is 36.2 Å². The highest BCUT2D eigenvalue weighted by Gasteiger charge is 2.10. The van der Waals surface area contributed by atoms with Crippen molar-refractivity contribution >= 4 is 24.0 Å². The van der Waals surface area contributed by atoms with Gasteiger partial charge in [-0.15, -0.1) is 0 Å². The molecule has 0 spiro atoms. The molecule has 0 N–H and O–H groups in total. The van der Waals surface area contributed by atoms with Crippen LogP contribution >= 0.6 is 0 Å². The van der Waals surface area contributed by atoms with Gasteiger partial charge < -0.3 is 18.9 Å².